The fourth-order valence-electron chi connectivity index (χ4n) is 4.70. The summed E-state index contributed by atoms with van der Waals surface area (Å²) in [6.45, 7) is 2.20. The molecule has 0 saturated carbocycles. The van der Waals surface area contributed by atoms with Gasteiger partial charge in [0.1, 0.15) is 0 Å². The SMILES string of the molecule is Cc1ccnc2c1Cc1c-2ccc2c3ccccc3c3ccccc3c12. The van der Waals surface area contributed by atoms with Crippen LogP contribution in [0.4, 0.5) is 0 Å². The number of pyridine rings is 1. The van der Waals surface area contributed by atoms with Crippen molar-refractivity contribution < 1.29 is 0 Å². The molecule has 0 saturated heterocycles. The number of nitrogens with zero attached hydrogens (tertiary/aromatic N) is 1. The Bertz CT molecular complexity index is 1330. The molecule has 1 heteroatoms. The van der Waals surface area contributed by atoms with Crippen LogP contribution in [0, 0.1) is 6.92 Å². The number of aromatic nitrogens is 1. The van der Waals surface area contributed by atoms with E-state index in [4.69, 9.17) is 4.98 Å². The van der Waals surface area contributed by atoms with Crippen molar-refractivity contribution >= 4 is 32.3 Å². The van der Waals surface area contributed by atoms with Crippen LogP contribution in [0.2, 0.25) is 0 Å². The van der Waals surface area contributed by atoms with Crippen LogP contribution in [-0.4, -0.2) is 4.98 Å². The Morgan fingerprint density at radius 3 is 2.00 bits per heavy atom. The fraction of sp³-hybridized carbons (Fsp3) is 0.0800. The average Bonchev–Trinajstić information content (AvgIpc) is 3.08. The predicted octanol–water partition coefficient (Wildman–Crippen LogP) is 6.42. The van der Waals surface area contributed by atoms with Crippen molar-refractivity contribution in [3.63, 3.8) is 0 Å². The van der Waals surface area contributed by atoms with Gasteiger partial charge < -0.3 is 0 Å². The number of hydrogen-bond acceptors (Lipinski definition) is 1. The third-order valence-electron chi connectivity index (χ3n) is 5.92. The van der Waals surface area contributed by atoms with Crippen LogP contribution < -0.4 is 0 Å². The van der Waals surface area contributed by atoms with Crippen molar-refractivity contribution in [3.05, 3.63) is 89.6 Å². The second-order valence-corrected chi connectivity index (χ2v) is 7.24. The van der Waals surface area contributed by atoms with E-state index in [1.807, 2.05) is 6.20 Å². The van der Waals surface area contributed by atoms with E-state index in [0.717, 1.165) is 6.42 Å². The van der Waals surface area contributed by atoms with E-state index in [-0.39, 0.29) is 0 Å². The molecule has 0 spiro atoms. The lowest BCUT2D eigenvalue weighted by atomic mass is 9.90. The van der Waals surface area contributed by atoms with E-state index in [2.05, 4.69) is 73.7 Å². The number of aryl methyl sites for hydroxylation is 1. The summed E-state index contributed by atoms with van der Waals surface area (Å²) in [5.74, 6) is 0. The summed E-state index contributed by atoms with van der Waals surface area (Å²) >= 11 is 0. The van der Waals surface area contributed by atoms with Gasteiger partial charge in [-0.25, -0.2) is 0 Å². The molecule has 0 fully saturated rings. The Balaban J connectivity index is 1.87. The average molecular weight is 331 g/mol. The molecule has 26 heavy (non-hydrogen) atoms. The molecule has 0 unspecified atom stereocenters. The molecule has 1 aliphatic carbocycles. The Labute approximate surface area is 151 Å². The van der Waals surface area contributed by atoms with Crippen LogP contribution in [0.1, 0.15) is 16.7 Å². The highest BCUT2D eigenvalue weighted by Crippen LogP contribution is 2.45. The van der Waals surface area contributed by atoms with Gasteiger partial charge in [0, 0.05) is 18.2 Å². The molecule has 0 bridgehead atoms. The van der Waals surface area contributed by atoms with Crippen LogP contribution in [-0.2, 0) is 6.42 Å². The second kappa shape index (κ2) is 4.92. The summed E-state index contributed by atoms with van der Waals surface area (Å²) in [5, 5.41) is 8.11. The van der Waals surface area contributed by atoms with Crippen molar-refractivity contribution in [2.45, 2.75) is 13.3 Å². The third kappa shape index (κ3) is 1.68. The van der Waals surface area contributed by atoms with Crippen molar-refractivity contribution in [2.75, 3.05) is 0 Å². The molecule has 122 valence electrons. The summed E-state index contributed by atoms with van der Waals surface area (Å²) in [4.78, 5) is 4.71. The van der Waals surface area contributed by atoms with Crippen LogP contribution in [0.15, 0.2) is 72.9 Å². The molecule has 1 heterocycles. The number of benzene rings is 4. The standard InChI is InChI=1S/C25H17N/c1-15-12-13-26-25-21-11-10-20-18-8-3-2-6-16(18)17-7-4-5-9-19(17)24(20)23(21)14-22(15)25/h2-13H,14H2,1H3. The first kappa shape index (κ1) is 14.0. The van der Waals surface area contributed by atoms with Gasteiger partial charge in [-0.05, 0) is 62.0 Å². The maximum absolute atomic E-state index is 4.71. The van der Waals surface area contributed by atoms with Crippen molar-refractivity contribution in [1.29, 1.82) is 0 Å². The highest BCUT2D eigenvalue weighted by atomic mass is 14.7. The molecule has 4 aromatic carbocycles. The highest BCUT2D eigenvalue weighted by Gasteiger charge is 2.24. The molecule has 0 N–H and O–H groups in total. The molecule has 1 aromatic heterocycles. The van der Waals surface area contributed by atoms with Gasteiger partial charge >= 0.3 is 0 Å². The van der Waals surface area contributed by atoms with Crippen LogP contribution in [0.25, 0.3) is 43.6 Å². The van der Waals surface area contributed by atoms with E-state index in [9.17, 15) is 0 Å². The molecule has 1 nitrogen and oxygen atoms in total. The molecule has 0 aliphatic heterocycles. The Morgan fingerprint density at radius 1 is 0.654 bits per heavy atom. The quantitative estimate of drug-likeness (QED) is 0.293. The number of rotatable bonds is 0. The summed E-state index contributed by atoms with van der Waals surface area (Å²) < 4.78 is 0. The highest BCUT2D eigenvalue weighted by molar-refractivity contribution is 6.27. The molecule has 1 aliphatic rings. The van der Waals surface area contributed by atoms with Crippen molar-refractivity contribution in [2.24, 2.45) is 0 Å². The molecule has 0 atom stereocenters. The Kier molecular flexibility index (Phi) is 2.66. The normalized spacial score (nSPS) is 12.7. The van der Waals surface area contributed by atoms with E-state index in [1.165, 1.54) is 60.3 Å². The zero-order valence-corrected chi connectivity index (χ0v) is 14.6. The maximum Gasteiger partial charge on any atom is 0.0743 e. The van der Waals surface area contributed by atoms with Gasteiger partial charge in [-0.1, -0.05) is 60.7 Å². The first-order chi connectivity index (χ1) is 12.8. The van der Waals surface area contributed by atoms with Crippen LogP contribution in [0.3, 0.4) is 0 Å². The second-order valence-electron chi connectivity index (χ2n) is 7.24. The maximum atomic E-state index is 4.71. The van der Waals surface area contributed by atoms with E-state index < -0.39 is 0 Å². The van der Waals surface area contributed by atoms with E-state index in [0.29, 0.717) is 0 Å². The minimum absolute atomic E-state index is 0.976. The van der Waals surface area contributed by atoms with Gasteiger partial charge in [0.25, 0.3) is 0 Å². The van der Waals surface area contributed by atoms with Crippen LogP contribution in [0.5, 0.6) is 0 Å². The number of hydrogen-bond donors (Lipinski definition) is 0. The molecule has 5 aromatic rings. The summed E-state index contributed by atoms with van der Waals surface area (Å²) in [5.41, 5.74) is 6.62. The summed E-state index contributed by atoms with van der Waals surface area (Å²) in [6.07, 6.45) is 2.91. The zero-order valence-electron chi connectivity index (χ0n) is 14.6. The van der Waals surface area contributed by atoms with Crippen molar-refractivity contribution in [3.8, 4) is 11.3 Å². The van der Waals surface area contributed by atoms with Crippen molar-refractivity contribution in [1.82, 2.24) is 4.98 Å². The molecular formula is C25H17N. The van der Waals surface area contributed by atoms with Crippen LogP contribution >= 0.6 is 0 Å². The minimum atomic E-state index is 0.976. The van der Waals surface area contributed by atoms with Gasteiger partial charge in [-0.3, -0.25) is 4.98 Å². The zero-order chi connectivity index (χ0) is 17.3. The number of fused-ring (bicyclic) bond motifs is 10. The predicted molar refractivity (Wildman–Crippen MR) is 110 cm³/mol. The molecule has 0 amide bonds. The third-order valence-corrected chi connectivity index (χ3v) is 5.92. The first-order valence-corrected chi connectivity index (χ1v) is 9.13. The van der Waals surface area contributed by atoms with Gasteiger partial charge in [0.05, 0.1) is 5.69 Å². The first-order valence-electron chi connectivity index (χ1n) is 9.13. The minimum Gasteiger partial charge on any atom is -0.256 e. The Hall–Kier alpha value is -3.19. The monoisotopic (exact) mass is 331 g/mol. The largest absolute Gasteiger partial charge is 0.256 e. The van der Waals surface area contributed by atoms with E-state index >= 15 is 0 Å². The van der Waals surface area contributed by atoms with Gasteiger partial charge in [0.2, 0.25) is 0 Å². The Morgan fingerprint density at radius 2 is 1.27 bits per heavy atom. The van der Waals surface area contributed by atoms with E-state index in [1.54, 1.807) is 0 Å². The lowest BCUT2D eigenvalue weighted by Gasteiger charge is -2.13. The molecule has 0 radical (unpaired) electrons. The molecule has 6 rings (SSSR count). The smallest absolute Gasteiger partial charge is 0.0743 e. The van der Waals surface area contributed by atoms with Gasteiger partial charge in [-0.15, -0.1) is 0 Å². The summed E-state index contributed by atoms with van der Waals surface area (Å²) in [6, 6.07) is 24.3. The lowest BCUT2D eigenvalue weighted by molar-refractivity contribution is 1.19. The summed E-state index contributed by atoms with van der Waals surface area (Å²) in [7, 11) is 0. The van der Waals surface area contributed by atoms with Gasteiger partial charge in [-0.2, -0.15) is 0 Å². The fourth-order valence-corrected chi connectivity index (χ4v) is 4.70. The van der Waals surface area contributed by atoms with Gasteiger partial charge in [0.15, 0.2) is 0 Å². The topological polar surface area (TPSA) is 12.9 Å². The molecular weight excluding hydrogens is 314 g/mol. The lowest BCUT2D eigenvalue weighted by Crippen LogP contribution is -1.89.